The summed E-state index contributed by atoms with van der Waals surface area (Å²) in [5.41, 5.74) is -2.61. The maximum Gasteiger partial charge on any atom is 0.418 e. The lowest BCUT2D eigenvalue weighted by Crippen LogP contribution is -2.18. The van der Waals surface area contributed by atoms with Crippen molar-refractivity contribution >= 4 is 0 Å². The molecule has 20 heavy (non-hydrogen) atoms. The molecule has 0 bridgehead atoms. The molecule has 112 valence electrons. The van der Waals surface area contributed by atoms with Gasteiger partial charge in [-0.15, -0.1) is 0 Å². The molecule has 1 heterocycles. The minimum absolute atomic E-state index is 0.0889. The highest BCUT2D eigenvalue weighted by atomic mass is 19.4. The van der Waals surface area contributed by atoms with Crippen molar-refractivity contribution in [3.05, 3.63) is 23.5 Å². The minimum Gasteiger partial charge on any atom is -0.492 e. The van der Waals surface area contributed by atoms with Gasteiger partial charge in [0.25, 0.3) is 0 Å². The Morgan fingerprint density at radius 2 is 2.05 bits per heavy atom. The predicted octanol–water partition coefficient (Wildman–Crippen LogP) is 3.51. The Bertz CT molecular complexity index is 482. The summed E-state index contributed by atoms with van der Waals surface area (Å²) in [6.07, 6.45) is -1.90. The van der Waals surface area contributed by atoms with Crippen molar-refractivity contribution in [1.29, 1.82) is 0 Å². The monoisotopic (exact) mass is 289 g/mol. The van der Waals surface area contributed by atoms with Crippen molar-refractivity contribution in [2.75, 3.05) is 6.61 Å². The third kappa shape index (κ3) is 3.42. The lowest BCUT2D eigenvalue weighted by Gasteiger charge is -2.17. The topological polar surface area (TPSA) is 42.4 Å². The maximum absolute atomic E-state index is 13.0. The number of hydrogen-bond acceptors (Lipinski definition) is 3. The van der Waals surface area contributed by atoms with E-state index in [1.54, 1.807) is 0 Å². The molecule has 0 spiro atoms. The van der Waals surface area contributed by atoms with Gasteiger partial charge in [-0.3, -0.25) is 4.98 Å². The van der Waals surface area contributed by atoms with E-state index in [1.165, 1.54) is 6.20 Å². The first-order valence-electron chi connectivity index (χ1n) is 6.65. The summed E-state index contributed by atoms with van der Waals surface area (Å²) in [7, 11) is 0. The summed E-state index contributed by atoms with van der Waals surface area (Å²) < 4.78 is 44.4. The van der Waals surface area contributed by atoms with Gasteiger partial charge in [0.15, 0.2) is 0 Å². The van der Waals surface area contributed by atoms with Crippen molar-refractivity contribution < 1.29 is 23.0 Å². The average Bonchev–Trinajstić information content (AvgIpc) is 3.07. The molecule has 1 aliphatic rings. The normalized spacial score (nSPS) is 17.4. The Labute approximate surface area is 115 Å². The number of hydrogen-bond donors (Lipinski definition) is 1. The van der Waals surface area contributed by atoms with Crippen LogP contribution < -0.4 is 4.74 Å². The van der Waals surface area contributed by atoms with Crippen LogP contribution in [0.3, 0.4) is 0 Å². The fourth-order valence-corrected chi connectivity index (χ4v) is 1.88. The first kappa shape index (κ1) is 15.1. The van der Waals surface area contributed by atoms with Crippen LogP contribution in [0.4, 0.5) is 13.2 Å². The van der Waals surface area contributed by atoms with Crippen LogP contribution in [0.5, 0.6) is 5.75 Å². The molecule has 0 aromatic carbocycles. The lowest BCUT2D eigenvalue weighted by atomic mass is 10.1. The Morgan fingerprint density at radius 1 is 1.40 bits per heavy atom. The number of aliphatic hydroxyl groups is 1. The summed E-state index contributed by atoms with van der Waals surface area (Å²) in [4.78, 5) is 3.78. The second-order valence-electron chi connectivity index (χ2n) is 5.63. The summed E-state index contributed by atoms with van der Waals surface area (Å²) in [5.74, 6) is 0.502. The van der Waals surface area contributed by atoms with E-state index >= 15 is 0 Å². The third-order valence-corrected chi connectivity index (χ3v) is 3.30. The molecule has 0 radical (unpaired) electrons. The van der Waals surface area contributed by atoms with Crippen LogP contribution in [-0.4, -0.2) is 16.7 Å². The van der Waals surface area contributed by atoms with E-state index in [1.807, 2.05) is 13.8 Å². The Kier molecular flexibility index (Phi) is 3.95. The van der Waals surface area contributed by atoms with Gasteiger partial charge in [-0.25, -0.2) is 0 Å². The summed E-state index contributed by atoms with van der Waals surface area (Å²) >= 11 is 0. The van der Waals surface area contributed by atoms with Crippen LogP contribution >= 0.6 is 0 Å². The molecule has 1 N–H and O–H groups in total. The highest BCUT2D eigenvalue weighted by Gasteiger charge is 2.49. The van der Waals surface area contributed by atoms with E-state index in [9.17, 15) is 18.3 Å². The maximum atomic E-state index is 13.0. The van der Waals surface area contributed by atoms with Crippen molar-refractivity contribution in [2.24, 2.45) is 5.92 Å². The van der Waals surface area contributed by atoms with Gasteiger partial charge < -0.3 is 9.84 Å². The number of rotatable bonds is 5. The van der Waals surface area contributed by atoms with E-state index < -0.39 is 17.3 Å². The van der Waals surface area contributed by atoms with Gasteiger partial charge in [0.05, 0.1) is 24.1 Å². The molecule has 0 amide bonds. The van der Waals surface area contributed by atoms with E-state index in [4.69, 9.17) is 4.74 Å². The predicted molar refractivity (Wildman–Crippen MR) is 67.3 cm³/mol. The molecule has 1 fully saturated rings. The second kappa shape index (κ2) is 5.24. The first-order valence-corrected chi connectivity index (χ1v) is 6.65. The summed E-state index contributed by atoms with van der Waals surface area (Å²) in [5, 5.41) is 9.88. The van der Waals surface area contributed by atoms with Gasteiger partial charge in [-0.05, 0) is 31.2 Å². The van der Waals surface area contributed by atoms with Crippen LogP contribution in [0, 0.1) is 5.92 Å². The number of alkyl halides is 3. The molecule has 0 saturated heterocycles. The Morgan fingerprint density at radius 3 is 2.55 bits per heavy atom. The van der Waals surface area contributed by atoms with E-state index in [-0.39, 0.29) is 11.4 Å². The molecule has 0 unspecified atom stereocenters. The lowest BCUT2D eigenvalue weighted by molar-refractivity contribution is -0.140. The van der Waals surface area contributed by atoms with Gasteiger partial charge in [0, 0.05) is 0 Å². The van der Waals surface area contributed by atoms with Crippen molar-refractivity contribution in [3.63, 3.8) is 0 Å². The van der Waals surface area contributed by atoms with Crippen LogP contribution in [0.2, 0.25) is 0 Å². The molecule has 0 atom stereocenters. The SMILES string of the molecule is CC(C)CCOc1cnc(C2(O)CC2)c(C(F)(F)F)c1. The molecule has 1 aliphatic carbocycles. The van der Waals surface area contributed by atoms with E-state index in [0.29, 0.717) is 25.4 Å². The third-order valence-electron chi connectivity index (χ3n) is 3.30. The van der Waals surface area contributed by atoms with E-state index in [2.05, 4.69) is 4.98 Å². The number of nitrogens with zero attached hydrogens (tertiary/aromatic N) is 1. The van der Waals surface area contributed by atoms with Crippen molar-refractivity contribution in [3.8, 4) is 5.75 Å². The first-order chi connectivity index (χ1) is 9.22. The van der Waals surface area contributed by atoms with Crippen LogP contribution in [-0.2, 0) is 11.8 Å². The molecular formula is C14H18F3NO2. The highest BCUT2D eigenvalue weighted by molar-refractivity contribution is 5.37. The molecule has 1 saturated carbocycles. The zero-order chi connectivity index (χ0) is 15.0. The van der Waals surface area contributed by atoms with Crippen molar-refractivity contribution in [1.82, 2.24) is 4.98 Å². The molecule has 3 nitrogen and oxygen atoms in total. The Balaban J connectivity index is 2.21. The molecule has 6 heteroatoms. The minimum atomic E-state index is -4.54. The summed E-state index contributed by atoms with van der Waals surface area (Å²) in [6, 6.07) is 0.930. The van der Waals surface area contributed by atoms with Crippen LogP contribution in [0.15, 0.2) is 12.3 Å². The zero-order valence-corrected chi connectivity index (χ0v) is 11.5. The van der Waals surface area contributed by atoms with Crippen LogP contribution in [0.25, 0.3) is 0 Å². The van der Waals surface area contributed by atoms with Crippen LogP contribution in [0.1, 0.15) is 44.4 Å². The van der Waals surface area contributed by atoms with E-state index in [0.717, 1.165) is 12.5 Å². The fraction of sp³-hybridized carbons (Fsp3) is 0.643. The van der Waals surface area contributed by atoms with Gasteiger partial charge in [0.2, 0.25) is 0 Å². The molecular weight excluding hydrogens is 271 g/mol. The number of halogens is 3. The van der Waals surface area contributed by atoms with Crippen molar-refractivity contribution in [2.45, 2.75) is 44.9 Å². The molecule has 1 aromatic heterocycles. The largest absolute Gasteiger partial charge is 0.492 e. The number of aromatic nitrogens is 1. The quantitative estimate of drug-likeness (QED) is 0.902. The molecule has 1 aromatic rings. The second-order valence-corrected chi connectivity index (χ2v) is 5.63. The Hall–Kier alpha value is -1.30. The number of ether oxygens (including phenoxy) is 1. The highest BCUT2D eigenvalue weighted by Crippen LogP contribution is 2.49. The van der Waals surface area contributed by atoms with Gasteiger partial charge in [0.1, 0.15) is 11.4 Å². The smallest absolute Gasteiger partial charge is 0.418 e. The van der Waals surface area contributed by atoms with Gasteiger partial charge in [-0.2, -0.15) is 13.2 Å². The van der Waals surface area contributed by atoms with Gasteiger partial charge >= 0.3 is 6.18 Å². The van der Waals surface area contributed by atoms with Gasteiger partial charge in [-0.1, -0.05) is 13.8 Å². The standard InChI is InChI=1S/C14H18F3NO2/c1-9(2)3-6-20-10-7-11(14(15,16)17)12(18-8-10)13(19)4-5-13/h7-9,19H,3-6H2,1-2H3. The summed E-state index contributed by atoms with van der Waals surface area (Å²) in [6.45, 7) is 4.36. The average molecular weight is 289 g/mol. The zero-order valence-electron chi connectivity index (χ0n) is 11.5. The number of pyridine rings is 1. The molecule has 2 rings (SSSR count). The molecule has 0 aliphatic heterocycles. The fourth-order valence-electron chi connectivity index (χ4n) is 1.88.